The van der Waals surface area contributed by atoms with Crippen LogP contribution in [0.2, 0.25) is 0 Å². The first-order chi connectivity index (χ1) is 14.2. The predicted molar refractivity (Wildman–Crippen MR) is 130 cm³/mol. The molecule has 4 atom stereocenters. The second kappa shape index (κ2) is 9.71. The van der Waals surface area contributed by atoms with Crippen LogP contribution in [-0.2, 0) is 13.0 Å². The number of hydrogen-bond acceptors (Lipinski definition) is 4. The molecule has 30 heavy (non-hydrogen) atoms. The van der Waals surface area contributed by atoms with Crippen LogP contribution in [0.15, 0.2) is 4.99 Å². The molecule has 2 aliphatic carbocycles. The topological polar surface area (TPSA) is 61.6 Å². The van der Waals surface area contributed by atoms with Crippen LogP contribution in [0, 0.1) is 24.7 Å². The number of nitrogens with one attached hydrogen (secondary N) is 1. The number of fused-ring (bicyclic) bond motifs is 3. The molecule has 0 radical (unpaired) electrons. The summed E-state index contributed by atoms with van der Waals surface area (Å²) in [5.41, 5.74) is 0. The Bertz CT molecular complexity index is 740. The van der Waals surface area contributed by atoms with Gasteiger partial charge in [0.1, 0.15) is 11.6 Å². The van der Waals surface area contributed by atoms with Crippen molar-refractivity contribution in [3.05, 3.63) is 11.6 Å². The highest BCUT2D eigenvalue weighted by Gasteiger charge is 2.42. The zero-order valence-electron chi connectivity index (χ0n) is 18.6. The van der Waals surface area contributed by atoms with Crippen LogP contribution >= 0.6 is 24.0 Å². The molecule has 7 nitrogen and oxygen atoms in total. The van der Waals surface area contributed by atoms with Gasteiger partial charge in [0.05, 0.1) is 0 Å². The smallest absolute Gasteiger partial charge is 0.194 e. The monoisotopic (exact) mass is 527 g/mol. The lowest BCUT2D eigenvalue weighted by Gasteiger charge is -2.42. The summed E-state index contributed by atoms with van der Waals surface area (Å²) in [6.07, 6.45) is 8.14. The van der Waals surface area contributed by atoms with Gasteiger partial charge < -0.3 is 14.8 Å². The van der Waals surface area contributed by atoms with Crippen molar-refractivity contribution in [3.8, 4) is 0 Å². The molecule has 4 unspecified atom stereocenters. The van der Waals surface area contributed by atoms with Gasteiger partial charge >= 0.3 is 0 Å². The number of piperazine rings is 1. The van der Waals surface area contributed by atoms with E-state index in [0.717, 1.165) is 74.6 Å². The van der Waals surface area contributed by atoms with E-state index in [1.807, 2.05) is 0 Å². The molecule has 1 aromatic rings. The second-order valence-electron chi connectivity index (χ2n) is 9.64. The summed E-state index contributed by atoms with van der Waals surface area (Å²) in [5.74, 6) is 5.91. The third-order valence-electron chi connectivity index (χ3n) is 7.85. The first-order valence-electron chi connectivity index (χ1n) is 11.9. The van der Waals surface area contributed by atoms with E-state index in [1.54, 1.807) is 0 Å². The first-order valence-corrected chi connectivity index (χ1v) is 11.9. The van der Waals surface area contributed by atoms with Crippen molar-refractivity contribution in [1.82, 2.24) is 29.9 Å². The molecule has 168 valence electrons. The number of guanidine groups is 1. The normalized spacial score (nSPS) is 31.5. The SMILES string of the molecule is CCNC(=NCC1CCc2nnc(C)n2C1)N1CCN(C2CC3CCC2C3)CC1.I. The average molecular weight is 527 g/mol. The van der Waals surface area contributed by atoms with Crippen LogP contribution < -0.4 is 5.32 Å². The molecule has 1 saturated heterocycles. The average Bonchev–Trinajstić information content (AvgIpc) is 3.48. The van der Waals surface area contributed by atoms with Gasteiger partial charge in [-0.3, -0.25) is 9.89 Å². The predicted octanol–water partition coefficient (Wildman–Crippen LogP) is 2.54. The Balaban J connectivity index is 0.00000218. The Kier molecular flexibility index (Phi) is 7.22. The number of halogens is 1. The Morgan fingerprint density at radius 3 is 2.63 bits per heavy atom. The number of aliphatic imine (C=N–C) groups is 1. The quantitative estimate of drug-likeness (QED) is 0.371. The Morgan fingerprint density at radius 2 is 1.93 bits per heavy atom. The third kappa shape index (κ3) is 4.49. The highest BCUT2D eigenvalue weighted by Crippen LogP contribution is 2.46. The molecule has 1 N–H and O–H groups in total. The van der Waals surface area contributed by atoms with Crippen molar-refractivity contribution in [2.75, 3.05) is 39.3 Å². The van der Waals surface area contributed by atoms with Crippen molar-refractivity contribution in [3.63, 3.8) is 0 Å². The molecule has 2 bridgehead atoms. The summed E-state index contributed by atoms with van der Waals surface area (Å²) in [7, 11) is 0. The van der Waals surface area contributed by atoms with Crippen molar-refractivity contribution in [1.29, 1.82) is 0 Å². The summed E-state index contributed by atoms with van der Waals surface area (Å²) in [4.78, 5) is 10.4. The Hall–Kier alpha value is -0.900. The van der Waals surface area contributed by atoms with Crippen LogP contribution in [0.4, 0.5) is 0 Å². The summed E-state index contributed by atoms with van der Waals surface area (Å²) in [6, 6.07) is 0.874. The highest BCUT2D eigenvalue weighted by molar-refractivity contribution is 14.0. The summed E-state index contributed by atoms with van der Waals surface area (Å²) < 4.78 is 2.28. The minimum Gasteiger partial charge on any atom is -0.357 e. The summed E-state index contributed by atoms with van der Waals surface area (Å²) in [5, 5.41) is 12.1. The standard InChI is InChI=1S/C22H37N7.HI/c1-3-23-22(24-14-18-5-7-21-26-25-16(2)29(21)15-18)28-10-8-27(9-11-28)20-13-17-4-6-19(20)12-17;/h17-20H,3-15H2,1-2H3,(H,23,24);1H. The first kappa shape index (κ1) is 22.3. The zero-order valence-corrected chi connectivity index (χ0v) is 20.9. The third-order valence-corrected chi connectivity index (χ3v) is 7.85. The van der Waals surface area contributed by atoms with Gasteiger partial charge in [-0.25, -0.2) is 0 Å². The lowest BCUT2D eigenvalue weighted by atomic mass is 9.93. The van der Waals surface area contributed by atoms with Crippen molar-refractivity contribution in [2.45, 2.75) is 65.0 Å². The summed E-state index contributed by atoms with van der Waals surface area (Å²) in [6.45, 7) is 11.7. The molecule has 3 heterocycles. The maximum absolute atomic E-state index is 5.07. The second-order valence-corrected chi connectivity index (χ2v) is 9.64. The molecule has 8 heteroatoms. The fourth-order valence-electron chi connectivity index (χ4n) is 6.24. The Morgan fingerprint density at radius 1 is 1.10 bits per heavy atom. The molecule has 0 aromatic carbocycles. The van der Waals surface area contributed by atoms with Crippen molar-refractivity contribution < 1.29 is 0 Å². The Labute approximate surface area is 198 Å². The molecule has 2 saturated carbocycles. The van der Waals surface area contributed by atoms with Crippen molar-refractivity contribution >= 4 is 29.9 Å². The van der Waals surface area contributed by atoms with E-state index in [9.17, 15) is 0 Å². The molecular formula is C22H38IN7. The van der Waals surface area contributed by atoms with Gasteiger partial charge in [0, 0.05) is 58.3 Å². The lowest BCUT2D eigenvalue weighted by molar-refractivity contribution is 0.0958. The molecule has 3 fully saturated rings. The van der Waals surface area contributed by atoms with Gasteiger partial charge in [-0.1, -0.05) is 6.42 Å². The van der Waals surface area contributed by atoms with Crippen LogP contribution in [0.1, 0.15) is 50.7 Å². The fourth-order valence-corrected chi connectivity index (χ4v) is 6.24. The molecular weight excluding hydrogens is 489 g/mol. The number of nitrogens with zero attached hydrogens (tertiary/aromatic N) is 6. The van der Waals surface area contributed by atoms with Gasteiger partial charge in [0.15, 0.2) is 5.96 Å². The number of aryl methyl sites for hydroxylation is 2. The maximum Gasteiger partial charge on any atom is 0.194 e. The van der Waals surface area contributed by atoms with E-state index in [1.165, 1.54) is 45.2 Å². The molecule has 2 aliphatic heterocycles. The van der Waals surface area contributed by atoms with Gasteiger partial charge in [0.25, 0.3) is 0 Å². The molecule has 0 amide bonds. The van der Waals surface area contributed by atoms with Crippen LogP contribution in [0.3, 0.4) is 0 Å². The highest BCUT2D eigenvalue weighted by atomic mass is 127. The fraction of sp³-hybridized carbons (Fsp3) is 0.864. The van der Waals surface area contributed by atoms with E-state index in [0.29, 0.717) is 5.92 Å². The van der Waals surface area contributed by atoms with Crippen LogP contribution in [0.25, 0.3) is 0 Å². The largest absolute Gasteiger partial charge is 0.357 e. The number of hydrogen-bond donors (Lipinski definition) is 1. The van der Waals surface area contributed by atoms with Crippen molar-refractivity contribution in [2.24, 2.45) is 22.7 Å². The van der Waals surface area contributed by atoms with E-state index in [2.05, 4.69) is 43.7 Å². The van der Waals surface area contributed by atoms with E-state index < -0.39 is 0 Å². The van der Waals surface area contributed by atoms with Gasteiger partial charge in [-0.2, -0.15) is 0 Å². The summed E-state index contributed by atoms with van der Waals surface area (Å²) >= 11 is 0. The number of rotatable bonds is 4. The minimum atomic E-state index is 0. The van der Waals surface area contributed by atoms with Crippen LogP contribution in [0.5, 0.6) is 0 Å². The molecule has 5 rings (SSSR count). The maximum atomic E-state index is 5.07. The molecule has 4 aliphatic rings. The van der Waals surface area contributed by atoms with E-state index in [-0.39, 0.29) is 24.0 Å². The lowest BCUT2D eigenvalue weighted by Crippen LogP contribution is -2.55. The number of aromatic nitrogens is 3. The molecule has 0 spiro atoms. The van der Waals surface area contributed by atoms with Gasteiger partial charge in [-0.15, -0.1) is 34.2 Å². The van der Waals surface area contributed by atoms with Crippen LogP contribution in [-0.4, -0.2) is 75.8 Å². The van der Waals surface area contributed by atoms with E-state index in [4.69, 9.17) is 4.99 Å². The minimum absolute atomic E-state index is 0. The van der Waals surface area contributed by atoms with E-state index >= 15 is 0 Å². The van der Waals surface area contributed by atoms with Gasteiger partial charge in [-0.05, 0) is 57.3 Å². The van der Waals surface area contributed by atoms with Gasteiger partial charge in [0.2, 0.25) is 0 Å². The molecule has 1 aromatic heterocycles. The zero-order chi connectivity index (χ0) is 19.8.